The van der Waals surface area contributed by atoms with Crippen LogP contribution in [0.1, 0.15) is 63.2 Å². The zero-order valence-corrected chi connectivity index (χ0v) is 25.9. The van der Waals surface area contributed by atoms with Crippen LogP contribution in [0.5, 0.6) is 0 Å². The van der Waals surface area contributed by atoms with Crippen LogP contribution < -0.4 is 0 Å². The predicted molar refractivity (Wildman–Crippen MR) is 156 cm³/mol. The van der Waals surface area contributed by atoms with Crippen molar-refractivity contribution in [2.45, 2.75) is 52.4 Å². The number of carbonyl (C=O) groups is 1. The number of nitrogens with zero attached hydrogens (tertiary/aromatic N) is 3. The number of aromatic nitrogens is 3. The maximum atomic E-state index is 10.1. The van der Waals surface area contributed by atoms with Crippen molar-refractivity contribution in [1.82, 2.24) is 14.5 Å². The normalized spacial score (nSPS) is 15.8. The minimum atomic E-state index is -0.990. The van der Waals surface area contributed by atoms with Gasteiger partial charge in [0, 0.05) is 32.9 Å². The largest absolute Gasteiger partial charge is 0.477 e. The van der Waals surface area contributed by atoms with E-state index in [0.717, 1.165) is 28.1 Å². The SMILES string of the molecule is CC1(C)c2cc3nc(-c4[c-]cccc4)n(-c4ccccc4)c3cc2C(C)(C)C1(C)C.O=C(O)c1ccccn1.[Pt]. The molecule has 3 aromatic carbocycles. The standard InChI is InChI=1S/C28H29N2.C6H5NO2.Pt/c1-26(2)21-17-23-24(18-22(21)27(3,4)28(26,5)6)30(20-15-11-8-12-16-20)25(29-23)19-13-9-7-10-14-19;8-6(9)5-3-1-2-4-7-5;/h7-13,15-18H,1-6H3;1-4H,(H,8,9);/q-1;;. The van der Waals surface area contributed by atoms with Crippen molar-refractivity contribution in [2.75, 3.05) is 0 Å². The second kappa shape index (κ2) is 10.8. The Balaban J connectivity index is 0.000000317. The molecule has 5 nitrogen and oxygen atoms in total. The Labute approximate surface area is 250 Å². The molecule has 40 heavy (non-hydrogen) atoms. The number of hydrogen-bond acceptors (Lipinski definition) is 3. The van der Waals surface area contributed by atoms with Gasteiger partial charge in [-0.25, -0.2) is 9.78 Å². The van der Waals surface area contributed by atoms with E-state index in [0.29, 0.717) is 0 Å². The summed E-state index contributed by atoms with van der Waals surface area (Å²) in [7, 11) is 0. The zero-order valence-electron chi connectivity index (χ0n) is 23.7. The molecule has 0 atom stereocenters. The van der Waals surface area contributed by atoms with Gasteiger partial charge in [0.1, 0.15) is 5.69 Å². The predicted octanol–water partition coefficient (Wildman–Crippen LogP) is 7.86. The molecule has 0 unspecified atom stereocenters. The van der Waals surface area contributed by atoms with Crippen LogP contribution in [0.4, 0.5) is 0 Å². The molecule has 5 aromatic rings. The average molecular weight is 712 g/mol. The maximum absolute atomic E-state index is 10.1. The Morgan fingerprint density at radius 3 is 2.00 bits per heavy atom. The van der Waals surface area contributed by atoms with E-state index in [1.54, 1.807) is 12.1 Å². The van der Waals surface area contributed by atoms with Crippen molar-refractivity contribution in [3.63, 3.8) is 0 Å². The Kier molecular flexibility index (Phi) is 7.93. The molecule has 0 bridgehead atoms. The van der Waals surface area contributed by atoms with E-state index >= 15 is 0 Å². The molecule has 208 valence electrons. The Morgan fingerprint density at radius 2 is 1.45 bits per heavy atom. The Hall–Kier alpha value is -3.56. The first-order valence-electron chi connectivity index (χ1n) is 13.2. The van der Waals surface area contributed by atoms with E-state index in [2.05, 4.69) is 112 Å². The third kappa shape index (κ3) is 4.71. The van der Waals surface area contributed by atoms with Gasteiger partial charge >= 0.3 is 5.97 Å². The van der Waals surface area contributed by atoms with E-state index in [-0.39, 0.29) is 43.0 Å². The molecular weight excluding hydrogens is 677 g/mol. The monoisotopic (exact) mass is 711 g/mol. The first-order valence-corrected chi connectivity index (χ1v) is 13.2. The van der Waals surface area contributed by atoms with E-state index in [4.69, 9.17) is 10.1 Å². The van der Waals surface area contributed by atoms with Crippen LogP contribution in [0, 0.1) is 11.5 Å². The molecule has 0 amide bonds. The minimum Gasteiger partial charge on any atom is -0.477 e. The summed E-state index contributed by atoms with van der Waals surface area (Å²) in [5.41, 5.74) is 7.54. The van der Waals surface area contributed by atoms with Crippen LogP contribution >= 0.6 is 0 Å². The van der Waals surface area contributed by atoms with Crippen LogP contribution in [0.15, 0.2) is 91.1 Å². The first-order chi connectivity index (χ1) is 18.5. The van der Waals surface area contributed by atoms with E-state index in [1.165, 1.54) is 23.4 Å². The summed E-state index contributed by atoms with van der Waals surface area (Å²) in [6, 6.07) is 31.5. The van der Waals surface area contributed by atoms with Crippen LogP contribution in [0.25, 0.3) is 28.1 Å². The number of benzene rings is 3. The molecule has 0 aliphatic heterocycles. The summed E-state index contributed by atoms with van der Waals surface area (Å²) in [6.45, 7) is 14.4. The molecule has 6 rings (SSSR count). The number of carboxylic acid groups (broad SMARTS) is 1. The number of aromatic carboxylic acids is 1. The van der Waals surface area contributed by atoms with Crippen molar-refractivity contribution >= 4 is 17.0 Å². The van der Waals surface area contributed by atoms with E-state index in [1.807, 2.05) is 12.1 Å². The van der Waals surface area contributed by atoms with Crippen LogP contribution in [0.3, 0.4) is 0 Å². The summed E-state index contributed by atoms with van der Waals surface area (Å²) >= 11 is 0. The maximum Gasteiger partial charge on any atom is 0.354 e. The third-order valence-corrected chi connectivity index (χ3v) is 9.11. The van der Waals surface area contributed by atoms with Gasteiger partial charge in [-0.05, 0) is 63.8 Å². The number of fused-ring (bicyclic) bond motifs is 2. The molecule has 2 aromatic heterocycles. The summed E-state index contributed by atoms with van der Waals surface area (Å²) in [4.78, 5) is 18.8. The van der Waals surface area contributed by atoms with Crippen LogP contribution in [-0.4, -0.2) is 25.6 Å². The fourth-order valence-electron chi connectivity index (χ4n) is 5.65. The average Bonchev–Trinajstić information content (AvgIpc) is 3.36. The van der Waals surface area contributed by atoms with Gasteiger partial charge in [0.05, 0.1) is 16.9 Å². The van der Waals surface area contributed by atoms with Crippen molar-refractivity contribution in [2.24, 2.45) is 5.41 Å². The number of hydrogen-bond donors (Lipinski definition) is 1. The first kappa shape index (κ1) is 29.4. The van der Waals surface area contributed by atoms with Crippen molar-refractivity contribution in [3.05, 3.63) is 114 Å². The zero-order chi connectivity index (χ0) is 28.0. The number of carboxylic acids is 1. The molecule has 1 aliphatic rings. The number of para-hydroxylation sites is 1. The van der Waals surface area contributed by atoms with E-state index < -0.39 is 5.97 Å². The fraction of sp³-hybridized carbons (Fsp3) is 0.265. The number of rotatable bonds is 3. The molecule has 2 heterocycles. The van der Waals surface area contributed by atoms with Gasteiger partial charge in [-0.2, -0.15) is 0 Å². The molecular formula is C34H34N3O2Pt-. The Morgan fingerprint density at radius 1 is 0.825 bits per heavy atom. The molecule has 0 radical (unpaired) electrons. The molecule has 0 saturated carbocycles. The van der Waals surface area contributed by atoms with Crippen LogP contribution in [0.2, 0.25) is 0 Å². The number of pyridine rings is 1. The third-order valence-electron chi connectivity index (χ3n) is 9.11. The molecule has 0 saturated heterocycles. The van der Waals surface area contributed by atoms with Crippen molar-refractivity contribution < 1.29 is 31.0 Å². The van der Waals surface area contributed by atoms with Crippen molar-refractivity contribution in [1.29, 1.82) is 0 Å². The van der Waals surface area contributed by atoms with Crippen molar-refractivity contribution in [3.8, 4) is 17.1 Å². The van der Waals surface area contributed by atoms with Gasteiger partial charge in [-0.3, -0.25) is 4.98 Å². The topological polar surface area (TPSA) is 68.0 Å². The smallest absolute Gasteiger partial charge is 0.354 e. The number of imidazole rings is 1. The van der Waals surface area contributed by atoms with Crippen LogP contribution in [-0.2, 0) is 31.9 Å². The van der Waals surface area contributed by atoms with Gasteiger partial charge in [0.15, 0.2) is 0 Å². The van der Waals surface area contributed by atoms with Gasteiger partial charge in [0.2, 0.25) is 0 Å². The fourth-order valence-corrected chi connectivity index (χ4v) is 5.65. The molecule has 0 spiro atoms. The summed E-state index contributed by atoms with van der Waals surface area (Å²) in [6.07, 6.45) is 1.45. The molecule has 1 aliphatic carbocycles. The molecule has 0 fully saturated rings. The van der Waals surface area contributed by atoms with Gasteiger partial charge in [-0.15, -0.1) is 35.9 Å². The summed E-state index contributed by atoms with van der Waals surface area (Å²) in [5.74, 6) is -0.0501. The summed E-state index contributed by atoms with van der Waals surface area (Å²) < 4.78 is 2.29. The molecule has 6 heteroatoms. The van der Waals surface area contributed by atoms with E-state index in [9.17, 15) is 4.79 Å². The quantitative estimate of drug-likeness (QED) is 0.194. The molecule has 1 N–H and O–H groups in total. The van der Waals surface area contributed by atoms with Gasteiger partial charge in [-0.1, -0.05) is 65.8 Å². The van der Waals surface area contributed by atoms with Gasteiger partial charge in [0.25, 0.3) is 0 Å². The summed E-state index contributed by atoms with van der Waals surface area (Å²) in [5, 5.41) is 8.32. The Bertz CT molecular complexity index is 1640. The second-order valence-corrected chi connectivity index (χ2v) is 11.7. The second-order valence-electron chi connectivity index (χ2n) is 11.7. The minimum absolute atomic E-state index is 0. The van der Waals surface area contributed by atoms with Gasteiger partial charge < -0.3 is 9.67 Å².